The predicted octanol–water partition coefficient (Wildman–Crippen LogP) is 4.75. The molecular weight excluding hydrogens is 312 g/mol. The van der Waals surface area contributed by atoms with Crippen LogP contribution in [0.4, 0.5) is 17.6 Å². The van der Waals surface area contributed by atoms with Crippen LogP contribution < -0.4 is 4.74 Å². The zero-order valence-corrected chi connectivity index (χ0v) is 12.0. The SMILES string of the molecule is COc1ccc(C(=O)/C=C/c2ccccc2C(F)(F)F)cc1F. The molecule has 2 aromatic carbocycles. The quantitative estimate of drug-likeness (QED) is 0.461. The lowest BCUT2D eigenvalue weighted by atomic mass is 10.0. The second-order valence-corrected chi connectivity index (χ2v) is 4.63. The van der Waals surface area contributed by atoms with E-state index in [-0.39, 0.29) is 16.9 Å². The summed E-state index contributed by atoms with van der Waals surface area (Å²) >= 11 is 0. The van der Waals surface area contributed by atoms with Gasteiger partial charge in [-0.25, -0.2) is 4.39 Å². The molecule has 0 aliphatic heterocycles. The Labute approximate surface area is 130 Å². The molecule has 0 fully saturated rings. The third-order valence-corrected chi connectivity index (χ3v) is 3.12. The number of alkyl halides is 3. The van der Waals surface area contributed by atoms with Crippen LogP contribution in [0, 0.1) is 5.82 Å². The molecule has 0 aliphatic rings. The van der Waals surface area contributed by atoms with Crippen LogP contribution in [-0.2, 0) is 6.18 Å². The Bertz CT molecular complexity index is 748. The van der Waals surface area contributed by atoms with Gasteiger partial charge in [0.25, 0.3) is 0 Å². The highest BCUT2D eigenvalue weighted by Gasteiger charge is 2.32. The molecule has 0 bridgehead atoms. The molecule has 0 spiro atoms. The van der Waals surface area contributed by atoms with E-state index in [1.807, 2.05) is 0 Å². The number of allylic oxidation sites excluding steroid dienone is 1. The van der Waals surface area contributed by atoms with Crippen molar-refractivity contribution in [2.24, 2.45) is 0 Å². The topological polar surface area (TPSA) is 26.3 Å². The Hall–Kier alpha value is -2.63. The highest BCUT2D eigenvalue weighted by molar-refractivity contribution is 6.07. The van der Waals surface area contributed by atoms with Crippen LogP contribution in [0.2, 0.25) is 0 Å². The molecule has 0 saturated heterocycles. The summed E-state index contributed by atoms with van der Waals surface area (Å²) < 4.78 is 56.8. The van der Waals surface area contributed by atoms with Gasteiger partial charge >= 0.3 is 6.18 Å². The molecule has 0 heterocycles. The van der Waals surface area contributed by atoms with Crippen LogP contribution in [0.25, 0.3) is 6.08 Å². The van der Waals surface area contributed by atoms with E-state index in [1.165, 1.54) is 37.4 Å². The van der Waals surface area contributed by atoms with Crippen LogP contribution in [0.1, 0.15) is 21.5 Å². The fourth-order valence-corrected chi connectivity index (χ4v) is 1.98. The first-order chi connectivity index (χ1) is 10.8. The Morgan fingerprint density at radius 2 is 1.83 bits per heavy atom. The second kappa shape index (κ2) is 6.64. The summed E-state index contributed by atoms with van der Waals surface area (Å²) in [6, 6.07) is 8.47. The average Bonchev–Trinajstić information content (AvgIpc) is 2.52. The normalized spacial score (nSPS) is 11.7. The molecule has 2 rings (SSSR count). The van der Waals surface area contributed by atoms with Crippen molar-refractivity contribution in [1.29, 1.82) is 0 Å². The lowest BCUT2D eigenvalue weighted by molar-refractivity contribution is -0.137. The molecule has 23 heavy (non-hydrogen) atoms. The number of carbonyl (C=O) groups is 1. The molecule has 2 aromatic rings. The molecule has 6 heteroatoms. The zero-order chi connectivity index (χ0) is 17.0. The highest BCUT2D eigenvalue weighted by atomic mass is 19.4. The standard InChI is InChI=1S/C17H12F4O2/c1-23-16-9-7-12(10-14(16)18)15(22)8-6-11-4-2-3-5-13(11)17(19,20)21/h2-10H,1H3/b8-6+. The van der Waals surface area contributed by atoms with Gasteiger partial charge in [0.2, 0.25) is 0 Å². The molecular formula is C17H12F4O2. The monoisotopic (exact) mass is 324 g/mol. The van der Waals surface area contributed by atoms with Gasteiger partial charge in [0, 0.05) is 5.56 Å². The van der Waals surface area contributed by atoms with Crippen molar-refractivity contribution < 1.29 is 27.1 Å². The summed E-state index contributed by atoms with van der Waals surface area (Å²) in [4.78, 5) is 12.0. The lowest BCUT2D eigenvalue weighted by Crippen LogP contribution is -2.07. The average molecular weight is 324 g/mol. The highest BCUT2D eigenvalue weighted by Crippen LogP contribution is 2.32. The fraction of sp³-hybridized carbons (Fsp3) is 0.118. The number of hydrogen-bond acceptors (Lipinski definition) is 2. The van der Waals surface area contributed by atoms with E-state index in [1.54, 1.807) is 0 Å². The maximum atomic E-state index is 13.5. The van der Waals surface area contributed by atoms with Gasteiger partial charge in [0.15, 0.2) is 17.3 Å². The molecule has 0 aromatic heterocycles. The molecule has 0 amide bonds. The number of carbonyl (C=O) groups excluding carboxylic acids is 1. The summed E-state index contributed by atoms with van der Waals surface area (Å²) in [7, 11) is 1.29. The van der Waals surface area contributed by atoms with E-state index >= 15 is 0 Å². The van der Waals surface area contributed by atoms with Crippen molar-refractivity contribution in [3.05, 3.63) is 71.0 Å². The molecule has 0 radical (unpaired) electrons. The van der Waals surface area contributed by atoms with Crippen LogP contribution in [-0.4, -0.2) is 12.9 Å². The van der Waals surface area contributed by atoms with Crippen molar-refractivity contribution in [1.82, 2.24) is 0 Å². The summed E-state index contributed by atoms with van der Waals surface area (Å²) in [6.07, 6.45) is -2.48. The van der Waals surface area contributed by atoms with Gasteiger partial charge in [-0.2, -0.15) is 13.2 Å². The smallest absolute Gasteiger partial charge is 0.416 e. The fourth-order valence-electron chi connectivity index (χ4n) is 1.98. The maximum absolute atomic E-state index is 13.5. The number of rotatable bonds is 4. The number of halogens is 4. The molecule has 120 valence electrons. The van der Waals surface area contributed by atoms with Gasteiger partial charge in [-0.1, -0.05) is 24.3 Å². The van der Waals surface area contributed by atoms with Gasteiger partial charge in [-0.15, -0.1) is 0 Å². The van der Waals surface area contributed by atoms with Crippen molar-refractivity contribution in [3.8, 4) is 5.75 Å². The first-order valence-electron chi connectivity index (χ1n) is 6.55. The number of hydrogen-bond donors (Lipinski definition) is 0. The van der Waals surface area contributed by atoms with Crippen LogP contribution >= 0.6 is 0 Å². The van der Waals surface area contributed by atoms with Crippen LogP contribution in [0.5, 0.6) is 5.75 Å². The van der Waals surface area contributed by atoms with Crippen LogP contribution in [0.15, 0.2) is 48.5 Å². The molecule has 0 saturated carbocycles. The molecule has 2 nitrogen and oxygen atoms in total. The summed E-state index contributed by atoms with van der Waals surface area (Å²) in [5.74, 6) is -1.35. The van der Waals surface area contributed by atoms with E-state index in [9.17, 15) is 22.4 Å². The predicted molar refractivity (Wildman–Crippen MR) is 77.8 cm³/mol. The summed E-state index contributed by atoms with van der Waals surface area (Å²) in [5.41, 5.74) is -0.962. The lowest BCUT2D eigenvalue weighted by Gasteiger charge is -2.09. The minimum Gasteiger partial charge on any atom is -0.494 e. The van der Waals surface area contributed by atoms with Gasteiger partial charge in [-0.3, -0.25) is 4.79 Å². The minimum atomic E-state index is -4.52. The number of methoxy groups -OCH3 is 1. The third kappa shape index (κ3) is 3.97. The minimum absolute atomic E-state index is 0.0176. The first kappa shape index (κ1) is 16.7. The zero-order valence-electron chi connectivity index (χ0n) is 12.0. The van der Waals surface area contributed by atoms with Crippen molar-refractivity contribution >= 4 is 11.9 Å². The maximum Gasteiger partial charge on any atom is 0.416 e. The Kier molecular flexibility index (Phi) is 4.83. The first-order valence-corrected chi connectivity index (χ1v) is 6.55. The van der Waals surface area contributed by atoms with E-state index in [0.717, 1.165) is 24.3 Å². The van der Waals surface area contributed by atoms with Gasteiger partial charge in [0.05, 0.1) is 12.7 Å². The van der Waals surface area contributed by atoms with E-state index in [2.05, 4.69) is 0 Å². The molecule has 0 atom stereocenters. The number of ketones is 1. The molecule has 0 unspecified atom stereocenters. The largest absolute Gasteiger partial charge is 0.494 e. The van der Waals surface area contributed by atoms with Gasteiger partial charge in [0.1, 0.15) is 0 Å². The van der Waals surface area contributed by atoms with E-state index < -0.39 is 23.3 Å². The second-order valence-electron chi connectivity index (χ2n) is 4.63. The summed E-state index contributed by atoms with van der Waals surface area (Å²) in [5, 5.41) is 0. The van der Waals surface area contributed by atoms with Crippen molar-refractivity contribution in [2.75, 3.05) is 7.11 Å². The van der Waals surface area contributed by atoms with Gasteiger partial charge in [-0.05, 0) is 35.9 Å². The summed E-state index contributed by atoms with van der Waals surface area (Å²) in [6.45, 7) is 0. The molecule has 0 N–H and O–H groups in total. The number of ether oxygens (including phenoxy) is 1. The Morgan fingerprint density at radius 1 is 1.13 bits per heavy atom. The van der Waals surface area contributed by atoms with E-state index in [4.69, 9.17) is 4.74 Å². The van der Waals surface area contributed by atoms with Crippen molar-refractivity contribution in [3.63, 3.8) is 0 Å². The van der Waals surface area contributed by atoms with Crippen molar-refractivity contribution in [2.45, 2.75) is 6.18 Å². The van der Waals surface area contributed by atoms with Gasteiger partial charge < -0.3 is 4.74 Å². The Balaban J connectivity index is 2.27. The van der Waals surface area contributed by atoms with Crippen LogP contribution in [0.3, 0.4) is 0 Å². The Morgan fingerprint density at radius 3 is 2.43 bits per heavy atom. The molecule has 0 aliphatic carbocycles. The van der Waals surface area contributed by atoms with E-state index in [0.29, 0.717) is 0 Å². The number of benzene rings is 2. The third-order valence-electron chi connectivity index (χ3n) is 3.12.